The summed E-state index contributed by atoms with van der Waals surface area (Å²) in [6, 6.07) is 0.785. The number of fused-ring (bicyclic) bond motifs is 1. The zero-order valence-corrected chi connectivity index (χ0v) is 18.0. The number of hydrogen-bond donors (Lipinski definition) is 1. The van der Waals surface area contributed by atoms with Gasteiger partial charge in [0.15, 0.2) is 0 Å². The molecule has 2 fully saturated rings. The average Bonchev–Trinajstić information content (AvgIpc) is 3.39. The van der Waals surface area contributed by atoms with Crippen molar-refractivity contribution in [2.45, 2.75) is 57.5 Å². The smallest absolute Gasteiger partial charge is 0.475 e. The number of carboxylic acids is 1. The van der Waals surface area contributed by atoms with E-state index in [4.69, 9.17) is 9.90 Å². The third-order valence-corrected chi connectivity index (χ3v) is 6.21. The molecule has 8 nitrogen and oxygen atoms in total. The molecular formula is C19H24F3N5O3S. The Bertz CT molecular complexity index is 929. The largest absolute Gasteiger partial charge is 0.490 e. The lowest BCUT2D eigenvalue weighted by molar-refractivity contribution is -0.192. The third kappa shape index (κ3) is 5.82. The van der Waals surface area contributed by atoms with Crippen LogP contribution >= 0.6 is 11.3 Å². The number of carbonyl (C=O) groups excluding carboxylic acids is 1. The minimum atomic E-state index is -5.08. The van der Waals surface area contributed by atoms with E-state index in [2.05, 4.69) is 31.5 Å². The molecular weight excluding hydrogens is 435 g/mol. The van der Waals surface area contributed by atoms with E-state index in [1.807, 2.05) is 24.9 Å². The lowest BCUT2D eigenvalue weighted by Gasteiger charge is -2.39. The molecule has 0 unspecified atom stereocenters. The number of alkyl halides is 3. The fourth-order valence-electron chi connectivity index (χ4n) is 4.08. The summed E-state index contributed by atoms with van der Waals surface area (Å²) >= 11 is 1.66. The van der Waals surface area contributed by atoms with Gasteiger partial charge in [0.1, 0.15) is 0 Å². The highest BCUT2D eigenvalue weighted by Gasteiger charge is 2.43. The van der Waals surface area contributed by atoms with Crippen LogP contribution in [-0.4, -0.2) is 66.4 Å². The summed E-state index contributed by atoms with van der Waals surface area (Å²) in [6.07, 6.45) is 1.61. The van der Waals surface area contributed by atoms with Crippen LogP contribution in [0.4, 0.5) is 13.2 Å². The SMILES string of the molecule is Cc1nc(CN2C(=O)CC[C@@H]3[C@H]2CCN3Cc2cnn(C)c2)cs1.O=C(O)C(F)(F)F. The van der Waals surface area contributed by atoms with Crippen LogP contribution in [0.15, 0.2) is 17.8 Å². The number of aryl methyl sites for hydroxylation is 2. The molecule has 2 aliphatic rings. The minimum absolute atomic E-state index is 0.283. The zero-order valence-electron chi connectivity index (χ0n) is 17.2. The first-order valence-corrected chi connectivity index (χ1v) is 10.6. The molecule has 0 aliphatic carbocycles. The highest BCUT2D eigenvalue weighted by Crippen LogP contribution is 2.33. The maximum Gasteiger partial charge on any atom is 0.490 e. The zero-order chi connectivity index (χ0) is 22.8. The van der Waals surface area contributed by atoms with Gasteiger partial charge in [0.25, 0.3) is 0 Å². The van der Waals surface area contributed by atoms with Crippen LogP contribution < -0.4 is 0 Å². The van der Waals surface area contributed by atoms with Crippen molar-refractivity contribution in [1.82, 2.24) is 24.6 Å². The van der Waals surface area contributed by atoms with Crippen LogP contribution in [0.2, 0.25) is 0 Å². The maximum absolute atomic E-state index is 12.5. The molecule has 0 spiro atoms. The summed E-state index contributed by atoms with van der Waals surface area (Å²) < 4.78 is 33.6. The molecule has 1 amide bonds. The van der Waals surface area contributed by atoms with Gasteiger partial charge in [-0.25, -0.2) is 9.78 Å². The monoisotopic (exact) mass is 459 g/mol. The van der Waals surface area contributed by atoms with E-state index in [9.17, 15) is 18.0 Å². The first-order valence-electron chi connectivity index (χ1n) is 9.76. The number of carboxylic acid groups (broad SMARTS) is 1. The van der Waals surface area contributed by atoms with Crippen LogP contribution in [0.3, 0.4) is 0 Å². The van der Waals surface area contributed by atoms with Crippen LogP contribution in [0.25, 0.3) is 0 Å². The summed E-state index contributed by atoms with van der Waals surface area (Å²) in [7, 11) is 1.95. The quantitative estimate of drug-likeness (QED) is 0.756. The molecule has 0 bridgehead atoms. The Morgan fingerprint density at radius 1 is 1.29 bits per heavy atom. The fourth-order valence-corrected chi connectivity index (χ4v) is 4.69. The van der Waals surface area contributed by atoms with Gasteiger partial charge >= 0.3 is 12.1 Å². The molecule has 2 aliphatic heterocycles. The van der Waals surface area contributed by atoms with Gasteiger partial charge in [-0.3, -0.25) is 14.4 Å². The number of amides is 1. The van der Waals surface area contributed by atoms with Crippen molar-refractivity contribution in [3.05, 3.63) is 34.0 Å². The van der Waals surface area contributed by atoms with Gasteiger partial charge in [-0.2, -0.15) is 18.3 Å². The number of likely N-dealkylation sites (tertiary alicyclic amines) is 2. The predicted octanol–water partition coefficient (Wildman–Crippen LogP) is 2.58. The molecule has 4 rings (SSSR count). The second-order valence-corrected chi connectivity index (χ2v) is 8.70. The van der Waals surface area contributed by atoms with Crippen LogP contribution in [-0.2, 0) is 29.7 Å². The molecule has 31 heavy (non-hydrogen) atoms. The third-order valence-electron chi connectivity index (χ3n) is 5.39. The lowest BCUT2D eigenvalue weighted by atomic mass is 9.96. The van der Waals surface area contributed by atoms with Crippen molar-refractivity contribution in [2.75, 3.05) is 6.54 Å². The highest BCUT2D eigenvalue weighted by molar-refractivity contribution is 7.09. The number of thiazole rings is 1. The summed E-state index contributed by atoms with van der Waals surface area (Å²) in [5.74, 6) is -2.47. The number of piperidine rings is 1. The Morgan fingerprint density at radius 3 is 2.55 bits per heavy atom. The Hall–Kier alpha value is -2.47. The molecule has 0 saturated carbocycles. The van der Waals surface area contributed by atoms with Crippen LogP contribution in [0, 0.1) is 6.92 Å². The van der Waals surface area contributed by atoms with Gasteiger partial charge in [0.2, 0.25) is 5.91 Å². The van der Waals surface area contributed by atoms with E-state index in [0.29, 0.717) is 25.0 Å². The molecule has 4 heterocycles. The Balaban J connectivity index is 0.000000339. The Kier molecular flexibility index (Phi) is 6.99. The number of nitrogens with zero attached hydrogens (tertiary/aromatic N) is 5. The van der Waals surface area contributed by atoms with Gasteiger partial charge in [0.05, 0.1) is 23.4 Å². The molecule has 1 N–H and O–H groups in total. The molecule has 2 aromatic heterocycles. The first kappa shape index (κ1) is 23.2. The number of carbonyl (C=O) groups is 2. The van der Waals surface area contributed by atoms with Gasteiger partial charge in [-0.1, -0.05) is 0 Å². The van der Waals surface area contributed by atoms with E-state index in [0.717, 1.165) is 36.6 Å². The van der Waals surface area contributed by atoms with E-state index in [-0.39, 0.29) is 5.91 Å². The van der Waals surface area contributed by atoms with Gasteiger partial charge in [-0.15, -0.1) is 11.3 Å². The Labute approximate surface area is 181 Å². The number of aromatic nitrogens is 3. The first-order chi connectivity index (χ1) is 14.5. The average molecular weight is 459 g/mol. The summed E-state index contributed by atoms with van der Waals surface area (Å²) in [6.45, 7) is 4.64. The van der Waals surface area contributed by atoms with Crippen molar-refractivity contribution in [3.8, 4) is 0 Å². The summed E-state index contributed by atoms with van der Waals surface area (Å²) in [5.41, 5.74) is 2.27. The summed E-state index contributed by atoms with van der Waals surface area (Å²) in [5, 5.41) is 14.5. The second-order valence-electron chi connectivity index (χ2n) is 7.64. The number of hydrogen-bond acceptors (Lipinski definition) is 6. The molecule has 12 heteroatoms. The number of halogens is 3. The lowest BCUT2D eigenvalue weighted by Crippen LogP contribution is -2.51. The van der Waals surface area contributed by atoms with Crippen LogP contribution in [0.5, 0.6) is 0 Å². The number of aliphatic carboxylic acids is 1. The fraction of sp³-hybridized carbons (Fsp3) is 0.579. The Morgan fingerprint density at radius 2 is 2.00 bits per heavy atom. The maximum atomic E-state index is 12.5. The van der Waals surface area contributed by atoms with Crippen molar-refractivity contribution in [2.24, 2.45) is 7.05 Å². The van der Waals surface area contributed by atoms with E-state index < -0.39 is 12.1 Å². The summed E-state index contributed by atoms with van der Waals surface area (Å²) in [4.78, 5) is 30.5. The van der Waals surface area contributed by atoms with Crippen LogP contribution in [0.1, 0.15) is 35.5 Å². The van der Waals surface area contributed by atoms with E-state index in [1.165, 1.54) is 5.56 Å². The predicted molar refractivity (Wildman–Crippen MR) is 106 cm³/mol. The minimum Gasteiger partial charge on any atom is -0.475 e. The molecule has 2 aromatic rings. The standard InChI is InChI=1S/C17H23N5OS.C2HF3O2/c1-12-19-14(11-24-12)10-22-16-5-6-21(15(16)3-4-17(22)23)9-13-7-18-20(2)8-13;3-2(4,5)1(6)7/h7-8,11,15-16H,3-6,9-10H2,1-2H3;(H,6,7)/t15-,16-;/m1./s1. The van der Waals surface area contributed by atoms with Crippen molar-refractivity contribution >= 4 is 23.2 Å². The second kappa shape index (κ2) is 9.35. The van der Waals surface area contributed by atoms with E-state index >= 15 is 0 Å². The van der Waals surface area contributed by atoms with Gasteiger partial charge in [0, 0.05) is 55.8 Å². The molecule has 2 saturated heterocycles. The van der Waals surface area contributed by atoms with E-state index in [1.54, 1.807) is 11.3 Å². The highest BCUT2D eigenvalue weighted by atomic mass is 32.1. The molecule has 170 valence electrons. The molecule has 0 radical (unpaired) electrons. The topological polar surface area (TPSA) is 91.6 Å². The molecule has 0 aromatic carbocycles. The molecule has 2 atom stereocenters. The van der Waals surface area contributed by atoms with Crippen molar-refractivity contribution < 1.29 is 27.9 Å². The van der Waals surface area contributed by atoms with Crippen molar-refractivity contribution in [3.63, 3.8) is 0 Å². The normalized spacial score (nSPS) is 21.6. The van der Waals surface area contributed by atoms with Gasteiger partial charge in [-0.05, 0) is 19.8 Å². The van der Waals surface area contributed by atoms with Gasteiger partial charge < -0.3 is 10.0 Å². The number of rotatable bonds is 4. The van der Waals surface area contributed by atoms with Crippen molar-refractivity contribution in [1.29, 1.82) is 0 Å².